The SMILES string of the molecule is O=[N+]([O-])c1ccc(Sc2nncn2Cc2ccc(Cl)cc2)cc1. The number of benzene rings is 2. The van der Waals surface area contributed by atoms with E-state index in [0.29, 0.717) is 16.7 Å². The predicted octanol–water partition coefficient (Wildman–Crippen LogP) is 4.04. The van der Waals surface area contributed by atoms with E-state index in [9.17, 15) is 10.1 Å². The molecule has 0 fully saturated rings. The molecule has 0 saturated heterocycles. The third-order valence-corrected chi connectivity index (χ3v) is 4.36. The zero-order valence-electron chi connectivity index (χ0n) is 11.8. The minimum atomic E-state index is -0.419. The van der Waals surface area contributed by atoms with E-state index in [0.717, 1.165) is 10.5 Å². The first-order chi connectivity index (χ1) is 11.1. The van der Waals surface area contributed by atoms with Gasteiger partial charge in [0, 0.05) is 22.1 Å². The highest BCUT2D eigenvalue weighted by Crippen LogP contribution is 2.27. The Labute approximate surface area is 141 Å². The molecule has 1 aromatic heterocycles. The van der Waals surface area contributed by atoms with E-state index in [-0.39, 0.29) is 5.69 Å². The van der Waals surface area contributed by atoms with Gasteiger partial charge in [0.05, 0.1) is 11.5 Å². The molecule has 0 aliphatic heterocycles. The average Bonchev–Trinajstić information content (AvgIpc) is 2.97. The standard InChI is InChI=1S/C15H11ClN4O2S/c16-12-3-1-11(2-4-12)9-19-10-17-18-15(19)23-14-7-5-13(6-8-14)20(21)22/h1-8,10H,9H2. The van der Waals surface area contributed by atoms with Crippen molar-refractivity contribution >= 4 is 29.1 Å². The number of nitro groups is 1. The molecule has 23 heavy (non-hydrogen) atoms. The van der Waals surface area contributed by atoms with Crippen molar-refractivity contribution in [2.24, 2.45) is 0 Å². The quantitative estimate of drug-likeness (QED) is 0.515. The van der Waals surface area contributed by atoms with Crippen molar-refractivity contribution in [3.63, 3.8) is 0 Å². The first-order valence-electron chi connectivity index (χ1n) is 6.66. The van der Waals surface area contributed by atoms with Crippen LogP contribution in [0.15, 0.2) is 64.9 Å². The van der Waals surface area contributed by atoms with Gasteiger partial charge >= 0.3 is 0 Å². The molecule has 8 heteroatoms. The van der Waals surface area contributed by atoms with Crippen LogP contribution in [0.4, 0.5) is 5.69 Å². The van der Waals surface area contributed by atoms with Crippen molar-refractivity contribution < 1.29 is 4.92 Å². The van der Waals surface area contributed by atoms with Gasteiger partial charge in [-0.1, -0.05) is 23.7 Å². The monoisotopic (exact) mass is 346 g/mol. The molecule has 3 rings (SSSR count). The molecule has 0 aliphatic carbocycles. The first-order valence-corrected chi connectivity index (χ1v) is 7.86. The Hall–Kier alpha value is -2.38. The van der Waals surface area contributed by atoms with Gasteiger partial charge in [-0.05, 0) is 41.6 Å². The summed E-state index contributed by atoms with van der Waals surface area (Å²) in [6, 6.07) is 13.9. The van der Waals surface area contributed by atoms with E-state index in [1.165, 1.54) is 23.9 Å². The topological polar surface area (TPSA) is 73.8 Å². The lowest BCUT2D eigenvalue weighted by molar-refractivity contribution is -0.384. The second kappa shape index (κ2) is 6.80. The summed E-state index contributed by atoms with van der Waals surface area (Å²) in [5, 5.41) is 20.1. The highest BCUT2D eigenvalue weighted by atomic mass is 35.5. The van der Waals surface area contributed by atoms with Gasteiger partial charge in [-0.3, -0.25) is 10.1 Å². The Morgan fingerprint density at radius 3 is 2.48 bits per heavy atom. The molecule has 0 spiro atoms. The molecule has 6 nitrogen and oxygen atoms in total. The lowest BCUT2D eigenvalue weighted by Crippen LogP contribution is -2.00. The molecular formula is C15H11ClN4O2S. The predicted molar refractivity (Wildman–Crippen MR) is 87.8 cm³/mol. The smallest absolute Gasteiger partial charge is 0.269 e. The van der Waals surface area contributed by atoms with E-state index >= 15 is 0 Å². The number of nitrogens with zero attached hydrogens (tertiary/aromatic N) is 4. The van der Waals surface area contributed by atoms with E-state index in [2.05, 4.69) is 10.2 Å². The van der Waals surface area contributed by atoms with Crippen molar-refractivity contribution in [3.8, 4) is 0 Å². The minimum Gasteiger partial charge on any atom is -0.304 e. The molecule has 0 N–H and O–H groups in total. The lowest BCUT2D eigenvalue weighted by Gasteiger charge is -2.06. The molecule has 0 atom stereocenters. The van der Waals surface area contributed by atoms with Crippen molar-refractivity contribution in [3.05, 3.63) is 75.6 Å². The van der Waals surface area contributed by atoms with Crippen LogP contribution >= 0.6 is 23.4 Å². The van der Waals surface area contributed by atoms with Crippen LogP contribution in [0.1, 0.15) is 5.56 Å². The second-order valence-electron chi connectivity index (χ2n) is 4.72. The Bertz CT molecular complexity index is 818. The van der Waals surface area contributed by atoms with Gasteiger partial charge in [0.1, 0.15) is 6.33 Å². The fraction of sp³-hybridized carbons (Fsp3) is 0.0667. The van der Waals surface area contributed by atoms with Crippen molar-refractivity contribution in [2.45, 2.75) is 16.6 Å². The van der Waals surface area contributed by atoms with E-state index in [4.69, 9.17) is 11.6 Å². The summed E-state index contributed by atoms with van der Waals surface area (Å²) in [4.78, 5) is 11.1. The van der Waals surface area contributed by atoms with Gasteiger partial charge < -0.3 is 4.57 Å². The minimum absolute atomic E-state index is 0.0666. The number of halogens is 1. The number of hydrogen-bond acceptors (Lipinski definition) is 5. The largest absolute Gasteiger partial charge is 0.304 e. The van der Waals surface area contributed by atoms with Crippen LogP contribution in [0.3, 0.4) is 0 Å². The summed E-state index contributed by atoms with van der Waals surface area (Å²) in [7, 11) is 0. The van der Waals surface area contributed by atoms with Gasteiger partial charge in [-0.15, -0.1) is 10.2 Å². The lowest BCUT2D eigenvalue weighted by atomic mass is 10.2. The number of rotatable bonds is 5. The Morgan fingerprint density at radius 1 is 1.13 bits per heavy atom. The van der Waals surface area contributed by atoms with Crippen LogP contribution in [-0.2, 0) is 6.54 Å². The molecule has 0 saturated carbocycles. The number of aromatic nitrogens is 3. The summed E-state index contributed by atoms with van der Waals surface area (Å²) in [6.07, 6.45) is 1.66. The fourth-order valence-corrected chi connectivity index (χ4v) is 2.89. The summed E-state index contributed by atoms with van der Waals surface area (Å²) in [5.41, 5.74) is 1.15. The van der Waals surface area contributed by atoms with Gasteiger partial charge in [0.25, 0.3) is 5.69 Å². The fourth-order valence-electron chi connectivity index (χ4n) is 1.96. The summed E-state index contributed by atoms with van der Waals surface area (Å²) in [5.74, 6) is 0. The van der Waals surface area contributed by atoms with Crippen LogP contribution in [0, 0.1) is 10.1 Å². The summed E-state index contributed by atoms with van der Waals surface area (Å²) in [6.45, 7) is 0.624. The Balaban J connectivity index is 1.75. The highest BCUT2D eigenvalue weighted by Gasteiger charge is 2.09. The molecule has 0 radical (unpaired) electrons. The molecule has 2 aromatic carbocycles. The van der Waals surface area contributed by atoms with Crippen LogP contribution in [-0.4, -0.2) is 19.7 Å². The number of non-ortho nitro benzene ring substituents is 1. The van der Waals surface area contributed by atoms with Gasteiger partial charge in [-0.2, -0.15) is 0 Å². The number of hydrogen-bond donors (Lipinski definition) is 0. The normalized spacial score (nSPS) is 10.7. The first kappa shape index (κ1) is 15.5. The van der Waals surface area contributed by atoms with Crippen LogP contribution in [0.25, 0.3) is 0 Å². The van der Waals surface area contributed by atoms with Crippen LogP contribution < -0.4 is 0 Å². The molecule has 0 bridgehead atoms. The van der Waals surface area contributed by atoms with Crippen molar-refractivity contribution in [1.29, 1.82) is 0 Å². The zero-order chi connectivity index (χ0) is 16.2. The van der Waals surface area contributed by atoms with Crippen molar-refractivity contribution in [1.82, 2.24) is 14.8 Å². The maximum Gasteiger partial charge on any atom is 0.269 e. The number of nitro benzene ring substituents is 1. The second-order valence-corrected chi connectivity index (χ2v) is 6.20. The molecule has 116 valence electrons. The molecule has 1 heterocycles. The zero-order valence-corrected chi connectivity index (χ0v) is 13.4. The average molecular weight is 347 g/mol. The van der Waals surface area contributed by atoms with E-state index in [1.807, 2.05) is 28.8 Å². The molecule has 3 aromatic rings. The molecule has 0 amide bonds. The third kappa shape index (κ3) is 3.88. The highest BCUT2D eigenvalue weighted by molar-refractivity contribution is 7.99. The van der Waals surface area contributed by atoms with E-state index < -0.39 is 4.92 Å². The maximum atomic E-state index is 10.7. The van der Waals surface area contributed by atoms with Crippen LogP contribution in [0.5, 0.6) is 0 Å². The molecular weight excluding hydrogens is 336 g/mol. The summed E-state index contributed by atoms with van der Waals surface area (Å²) < 4.78 is 1.91. The van der Waals surface area contributed by atoms with Crippen molar-refractivity contribution in [2.75, 3.05) is 0 Å². The summed E-state index contributed by atoms with van der Waals surface area (Å²) >= 11 is 7.29. The molecule has 0 unspecified atom stereocenters. The van der Waals surface area contributed by atoms with Gasteiger partial charge in [0.15, 0.2) is 5.16 Å². The Morgan fingerprint density at radius 2 is 1.83 bits per heavy atom. The third-order valence-electron chi connectivity index (χ3n) is 3.10. The maximum absolute atomic E-state index is 10.7. The van der Waals surface area contributed by atoms with Gasteiger partial charge in [-0.25, -0.2) is 0 Å². The van der Waals surface area contributed by atoms with Crippen LogP contribution in [0.2, 0.25) is 5.02 Å². The van der Waals surface area contributed by atoms with Gasteiger partial charge in [0.2, 0.25) is 0 Å². The molecule has 0 aliphatic rings. The Kier molecular flexibility index (Phi) is 4.59. The van der Waals surface area contributed by atoms with E-state index in [1.54, 1.807) is 18.5 Å².